The van der Waals surface area contributed by atoms with Gasteiger partial charge in [-0.15, -0.1) is 0 Å². The summed E-state index contributed by atoms with van der Waals surface area (Å²) in [5, 5.41) is 4.22. The quantitative estimate of drug-likeness (QED) is 0.910. The zero-order valence-electron chi connectivity index (χ0n) is 9.58. The van der Waals surface area contributed by atoms with Crippen molar-refractivity contribution >= 4 is 15.9 Å². The maximum Gasteiger partial charge on any atom is 0.155 e. The van der Waals surface area contributed by atoms with Gasteiger partial charge < -0.3 is 5.73 Å². The lowest BCUT2D eigenvalue weighted by molar-refractivity contribution is 0.153. The number of aromatic nitrogens is 2. The van der Waals surface area contributed by atoms with Crippen molar-refractivity contribution in [2.45, 2.75) is 50.9 Å². The van der Waals surface area contributed by atoms with E-state index < -0.39 is 5.67 Å². The van der Waals surface area contributed by atoms with Crippen LogP contribution in [0.4, 0.5) is 4.39 Å². The Morgan fingerprint density at radius 1 is 1.69 bits per heavy atom. The molecule has 1 aliphatic carbocycles. The van der Waals surface area contributed by atoms with Crippen molar-refractivity contribution in [2.24, 2.45) is 5.73 Å². The van der Waals surface area contributed by atoms with Crippen LogP contribution in [-0.2, 0) is 5.67 Å². The molecule has 1 aliphatic rings. The van der Waals surface area contributed by atoms with E-state index in [2.05, 4.69) is 21.0 Å². The third kappa shape index (κ3) is 1.91. The van der Waals surface area contributed by atoms with Crippen molar-refractivity contribution in [1.29, 1.82) is 0 Å². The van der Waals surface area contributed by atoms with E-state index in [0.717, 1.165) is 10.9 Å². The third-order valence-corrected chi connectivity index (χ3v) is 3.74. The van der Waals surface area contributed by atoms with E-state index in [0.29, 0.717) is 18.5 Å². The molecule has 3 nitrogen and oxygen atoms in total. The SMILES string of the molecule is CC(C)n1ncc(Br)c1C1(F)CCC(N)C1. The van der Waals surface area contributed by atoms with E-state index in [1.807, 2.05) is 13.8 Å². The maximum atomic E-state index is 14.8. The fourth-order valence-corrected chi connectivity index (χ4v) is 3.03. The van der Waals surface area contributed by atoms with E-state index in [-0.39, 0.29) is 12.1 Å². The molecule has 0 saturated heterocycles. The van der Waals surface area contributed by atoms with Gasteiger partial charge in [0.05, 0.1) is 16.4 Å². The van der Waals surface area contributed by atoms with Crippen LogP contribution >= 0.6 is 15.9 Å². The largest absolute Gasteiger partial charge is 0.328 e. The summed E-state index contributed by atoms with van der Waals surface area (Å²) in [6.45, 7) is 4.00. The molecule has 2 rings (SSSR count). The van der Waals surface area contributed by atoms with Gasteiger partial charge in [-0.3, -0.25) is 4.68 Å². The monoisotopic (exact) mass is 289 g/mol. The summed E-state index contributed by atoms with van der Waals surface area (Å²) in [7, 11) is 0. The van der Waals surface area contributed by atoms with Gasteiger partial charge in [0.25, 0.3) is 0 Å². The first-order valence-corrected chi connectivity index (χ1v) is 6.41. The Morgan fingerprint density at radius 3 is 2.88 bits per heavy atom. The summed E-state index contributed by atoms with van der Waals surface area (Å²) in [5.41, 5.74) is 5.14. The van der Waals surface area contributed by atoms with Gasteiger partial charge in [-0.05, 0) is 42.6 Å². The summed E-state index contributed by atoms with van der Waals surface area (Å²) in [6, 6.07) is 0.123. The van der Waals surface area contributed by atoms with Crippen molar-refractivity contribution in [3.63, 3.8) is 0 Å². The second kappa shape index (κ2) is 4.11. The molecule has 2 N–H and O–H groups in total. The van der Waals surface area contributed by atoms with Gasteiger partial charge in [-0.25, -0.2) is 4.39 Å². The summed E-state index contributed by atoms with van der Waals surface area (Å²) in [4.78, 5) is 0. The highest BCUT2D eigenvalue weighted by atomic mass is 79.9. The molecule has 1 fully saturated rings. The molecule has 1 heterocycles. The fraction of sp³-hybridized carbons (Fsp3) is 0.727. The van der Waals surface area contributed by atoms with Crippen LogP contribution in [0.3, 0.4) is 0 Å². The highest BCUT2D eigenvalue weighted by molar-refractivity contribution is 9.10. The molecule has 2 atom stereocenters. The van der Waals surface area contributed by atoms with E-state index in [1.165, 1.54) is 0 Å². The van der Waals surface area contributed by atoms with Crippen LogP contribution < -0.4 is 5.73 Å². The molecule has 1 saturated carbocycles. The topological polar surface area (TPSA) is 43.8 Å². The molecular formula is C11H17BrFN3. The summed E-state index contributed by atoms with van der Waals surface area (Å²) < 4.78 is 17.3. The molecule has 0 aliphatic heterocycles. The van der Waals surface area contributed by atoms with Crippen LogP contribution in [-0.4, -0.2) is 15.8 Å². The fourth-order valence-electron chi connectivity index (χ4n) is 2.40. The summed E-state index contributed by atoms with van der Waals surface area (Å²) in [6.07, 6.45) is 3.29. The van der Waals surface area contributed by atoms with Gasteiger partial charge in [-0.2, -0.15) is 5.10 Å². The average Bonchev–Trinajstić information content (AvgIpc) is 2.71. The minimum atomic E-state index is -1.32. The van der Waals surface area contributed by atoms with Crippen LogP contribution in [0, 0.1) is 0 Å². The molecule has 0 aromatic carbocycles. The lowest BCUT2D eigenvalue weighted by atomic mass is 9.99. The van der Waals surface area contributed by atoms with Crippen LogP contribution in [0.15, 0.2) is 10.7 Å². The number of nitrogens with zero attached hydrogens (tertiary/aromatic N) is 2. The zero-order valence-corrected chi connectivity index (χ0v) is 11.2. The predicted molar refractivity (Wildman–Crippen MR) is 64.9 cm³/mol. The van der Waals surface area contributed by atoms with Gasteiger partial charge in [0.15, 0.2) is 5.67 Å². The van der Waals surface area contributed by atoms with Gasteiger partial charge in [0, 0.05) is 18.5 Å². The summed E-state index contributed by atoms with van der Waals surface area (Å²) in [5.74, 6) is 0. The highest BCUT2D eigenvalue weighted by Crippen LogP contribution is 2.45. The first-order valence-electron chi connectivity index (χ1n) is 5.62. The summed E-state index contributed by atoms with van der Waals surface area (Å²) >= 11 is 3.39. The first kappa shape index (κ1) is 12.0. The van der Waals surface area contributed by atoms with Gasteiger partial charge >= 0.3 is 0 Å². The highest BCUT2D eigenvalue weighted by Gasteiger charge is 2.43. The number of halogens is 2. The molecule has 2 unspecified atom stereocenters. The van der Waals surface area contributed by atoms with Crippen molar-refractivity contribution in [2.75, 3.05) is 0 Å². The Bertz CT molecular complexity index is 391. The molecule has 90 valence electrons. The number of rotatable bonds is 2. The maximum absolute atomic E-state index is 14.8. The number of hydrogen-bond donors (Lipinski definition) is 1. The van der Waals surface area contributed by atoms with Crippen molar-refractivity contribution < 1.29 is 4.39 Å². The molecule has 0 bridgehead atoms. The van der Waals surface area contributed by atoms with Crippen LogP contribution in [0.1, 0.15) is 44.8 Å². The third-order valence-electron chi connectivity index (χ3n) is 3.16. The van der Waals surface area contributed by atoms with E-state index >= 15 is 0 Å². The van der Waals surface area contributed by atoms with Gasteiger partial charge in [-0.1, -0.05) is 0 Å². The normalized spacial score (nSPS) is 30.2. The van der Waals surface area contributed by atoms with Crippen molar-refractivity contribution in [1.82, 2.24) is 9.78 Å². The standard InChI is InChI=1S/C11H17BrFN3/c1-7(2)16-10(9(12)6-15-16)11(13)4-3-8(14)5-11/h6-8H,3-5,14H2,1-2H3. The Labute approximate surface area is 103 Å². The second-order valence-electron chi connectivity index (χ2n) is 4.85. The molecule has 1 aromatic rings. The Hall–Kier alpha value is -0.420. The minimum Gasteiger partial charge on any atom is -0.328 e. The van der Waals surface area contributed by atoms with Crippen LogP contribution in [0.25, 0.3) is 0 Å². The lowest BCUT2D eigenvalue weighted by Gasteiger charge is -2.23. The first-order chi connectivity index (χ1) is 7.44. The molecule has 0 spiro atoms. The number of alkyl halides is 1. The average molecular weight is 290 g/mol. The van der Waals surface area contributed by atoms with E-state index in [4.69, 9.17) is 5.73 Å². The molecular weight excluding hydrogens is 273 g/mol. The number of hydrogen-bond acceptors (Lipinski definition) is 2. The van der Waals surface area contributed by atoms with E-state index in [9.17, 15) is 4.39 Å². The molecule has 0 radical (unpaired) electrons. The lowest BCUT2D eigenvalue weighted by Crippen LogP contribution is -2.25. The minimum absolute atomic E-state index is 0.0348. The Morgan fingerprint density at radius 2 is 2.38 bits per heavy atom. The Balaban J connectivity index is 2.43. The van der Waals surface area contributed by atoms with Crippen molar-refractivity contribution in [3.05, 3.63) is 16.4 Å². The van der Waals surface area contributed by atoms with Gasteiger partial charge in [0.1, 0.15) is 0 Å². The zero-order chi connectivity index (χ0) is 11.9. The van der Waals surface area contributed by atoms with Crippen LogP contribution in [0.2, 0.25) is 0 Å². The van der Waals surface area contributed by atoms with Crippen LogP contribution in [0.5, 0.6) is 0 Å². The van der Waals surface area contributed by atoms with Gasteiger partial charge in [0.2, 0.25) is 0 Å². The van der Waals surface area contributed by atoms with Crippen molar-refractivity contribution in [3.8, 4) is 0 Å². The molecule has 1 aromatic heterocycles. The second-order valence-corrected chi connectivity index (χ2v) is 5.70. The predicted octanol–water partition coefficient (Wildman–Crippen LogP) is 2.90. The molecule has 16 heavy (non-hydrogen) atoms. The Kier molecular flexibility index (Phi) is 3.09. The smallest absolute Gasteiger partial charge is 0.155 e. The number of nitrogens with two attached hydrogens (primary N) is 1. The molecule has 0 amide bonds. The van der Waals surface area contributed by atoms with E-state index in [1.54, 1.807) is 10.9 Å². The molecule has 5 heteroatoms.